The largest absolute Gasteiger partial charge is 0.465 e. The molecule has 1 saturated carbocycles. The van der Waals surface area contributed by atoms with Crippen molar-refractivity contribution in [1.29, 1.82) is 0 Å². The molecular weight excluding hydrogens is 448 g/mol. The molecule has 5 heteroatoms. The van der Waals surface area contributed by atoms with Gasteiger partial charge in [-0.2, -0.15) is 0 Å². The number of hydrogen-bond donors (Lipinski definition) is 0. The van der Waals surface area contributed by atoms with Gasteiger partial charge in [-0.15, -0.1) is 0 Å². The van der Waals surface area contributed by atoms with Gasteiger partial charge in [-0.3, -0.25) is 4.79 Å². The van der Waals surface area contributed by atoms with Crippen LogP contribution < -0.4 is 0 Å². The van der Waals surface area contributed by atoms with Gasteiger partial charge in [0, 0.05) is 36.7 Å². The van der Waals surface area contributed by atoms with Gasteiger partial charge >= 0.3 is 5.97 Å². The van der Waals surface area contributed by atoms with E-state index in [0.717, 1.165) is 78.8 Å². The lowest BCUT2D eigenvalue weighted by Crippen LogP contribution is -2.37. The molecule has 190 valence electrons. The summed E-state index contributed by atoms with van der Waals surface area (Å²) in [5.74, 6) is 0.684. The SMILES string of the molecule is C=C/C(C(=O)C1CC1)=C(\c1cc(-c2ccc(C(=O)OC)cc2)ccc1C)N1CCC(CN(C)C)CC1. The van der Waals surface area contributed by atoms with Crippen molar-refractivity contribution in [2.24, 2.45) is 11.8 Å². The fraction of sp³-hybridized carbons (Fsp3) is 0.419. The Labute approximate surface area is 215 Å². The second kappa shape index (κ2) is 11.3. The maximum atomic E-state index is 13.4. The van der Waals surface area contributed by atoms with E-state index in [4.69, 9.17) is 4.74 Å². The number of allylic oxidation sites excluding steroid dienone is 2. The van der Waals surface area contributed by atoms with Crippen molar-refractivity contribution in [2.75, 3.05) is 40.8 Å². The maximum absolute atomic E-state index is 13.4. The van der Waals surface area contributed by atoms with Gasteiger partial charge in [0.25, 0.3) is 0 Å². The highest BCUT2D eigenvalue weighted by Gasteiger charge is 2.34. The molecule has 36 heavy (non-hydrogen) atoms. The normalized spacial score (nSPS) is 17.1. The number of esters is 1. The summed E-state index contributed by atoms with van der Waals surface area (Å²) >= 11 is 0. The molecule has 0 unspecified atom stereocenters. The summed E-state index contributed by atoms with van der Waals surface area (Å²) in [7, 11) is 5.66. The third-order valence-corrected chi connectivity index (χ3v) is 7.36. The average molecular weight is 487 g/mol. The number of likely N-dealkylation sites (tertiary alicyclic amines) is 1. The predicted molar refractivity (Wildman–Crippen MR) is 146 cm³/mol. The molecular formula is C31H38N2O3. The van der Waals surface area contributed by atoms with E-state index < -0.39 is 0 Å². The lowest BCUT2D eigenvalue weighted by atomic mass is 9.90. The predicted octanol–water partition coefficient (Wildman–Crippen LogP) is 5.60. The second-order valence-electron chi connectivity index (χ2n) is 10.4. The average Bonchev–Trinajstić information content (AvgIpc) is 3.73. The Morgan fingerprint density at radius 2 is 1.67 bits per heavy atom. The number of methoxy groups -OCH3 is 1. The number of ether oxygens (including phenoxy) is 1. The number of nitrogens with zero attached hydrogens (tertiary/aromatic N) is 2. The van der Waals surface area contributed by atoms with Crippen LogP contribution in [-0.2, 0) is 9.53 Å². The van der Waals surface area contributed by atoms with E-state index in [2.05, 4.69) is 55.6 Å². The molecule has 0 bridgehead atoms. The number of benzene rings is 2. The van der Waals surface area contributed by atoms with Crippen LogP contribution in [0.15, 0.2) is 60.7 Å². The molecule has 1 heterocycles. The van der Waals surface area contributed by atoms with E-state index >= 15 is 0 Å². The molecule has 1 aliphatic heterocycles. The highest BCUT2D eigenvalue weighted by atomic mass is 16.5. The smallest absolute Gasteiger partial charge is 0.337 e. The monoisotopic (exact) mass is 486 g/mol. The van der Waals surface area contributed by atoms with Crippen LogP contribution in [-0.4, -0.2) is 62.4 Å². The van der Waals surface area contributed by atoms with Gasteiger partial charge < -0.3 is 14.5 Å². The summed E-state index contributed by atoms with van der Waals surface area (Å²) in [5.41, 5.74) is 6.59. The van der Waals surface area contributed by atoms with E-state index in [9.17, 15) is 9.59 Å². The van der Waals surface area contributed by atoms with Crippen molar-refractivity contribution in [2.45, 2.75) is 32.6 Å². The standard InChI is InChI=1S/C31H38N2O3/c1-6-27(30(34)24-11-12-24)29(33-17-15-22(16-18-33)20-32(3)4)28-19-26(8-7-21(28)2)23-9-13-25(14-10-23)31(35)36-5/h6-10,13-14,19,22,24H,1,11-12,15-18,20H2,2-5H3/b29-27-. The summed E-state index contributed by atoms with van der Waals surface area (Å²) in [6, 6.07) is 13.9. The Morgan fingerprint density at radius 3 is 2.22 bits per heavy atom. The minimum absolute atomic E-state index is 0.133. The van der Waals surface area contributed by atoms with Crippen LogP contribution >= 0.6 is 0 Å². The summed E-state index contributed by atoms with van der Waals surface area (Å²) in [4.78, 5) is 29.9. The molecule has 2 fully saturated rings. The van der Waals surface area contributed by atoms with Gasteiger partial charge in [-0.25, -0.2) is 4.79 Å². The molecule has 0 spiro atoms. The number of carbonyl (C=O) groups excluding carboxylic acids is 2. The first-order valence-electron chi connectivity index (χ1n) is 12.9. The molecule has 0 aromatic heterocycles. The van der Waals surface area contributed by atoms with Gasteiger partial charge in [-0.05, 0) is 87.5 Å². The van der Waals surface area contributed by atoms with E-state index in [1.54, 1.807) is 18.2 Å². The Kier molecular flexibility index (Phi) is 8.10. The zero-order chi connectivity index (χ0) is 25.8. The van der Waals surface area contributed by atoms with E-state index in [1.165, 1.54) is 7.11 Å². The molecule has 2 aromatic rings. The summed E-state index contributed by atoms with van der Waals surface area (Å²) in [6.07, 6.45) is 5.94. The van der Waals surface area contributed by atoms with Crippen LogP contribution in [0.5, 0.6) is 0 Å². The van der Waals surface area contributed by atoms with Gasteiger partial charge in [0.05, 0.1) is 18.4 Å². The first kappa shape index (κ1) is 25.9. The number of hydrogen-bond acceptors (Lipinski definition) is 5. The Bertz CT molecular complexity index is 1150. The third kappa shape index (κ3) is 5.79. The molecule has 1 saturated heterocycles. The lowest BCUT2D eigenvalue weighted by molar-refractivity contribution is -0.116. The van der Waals surface area contributed by atoms with Crippen molar-refractivity contribution < 1.29 is 14.3 Å². The van der Waals surface area contributed by atoms with Crippen molar-refractivity contribution in [1.82, 2.24) is 9.80 Å². The lowest BCUT2D eigenvalue weighted by Gasteiger charge is -2.37. The molecule has 0 radical (unpaired) electrons. The molecule has 4 rings (SSSR count). The zero-order valence-corrected chi connectivity index (χ0v) is 22.0. The van der Waals surface area contributed by atoms with Gasteiger partial charge in [0.15, 0.2) is 5.78 Å². The topological polar surface area (TPSA) is 49.9 Å². The fourth-order valence-corrected chi connectivity index (χ4v) is 5.19. The summed E-state index contributed by atoms with van der Waals surface area (Å²) < 4.78 is 4.83. The van der Waals surface area contributed by atoms with Crippen molar-refractivity contribution >= 4 is 17.4 Å². The van der Waals surface area contributed by atoms with E-state index in [0.29, 0.717) is 11.5 Å². The van der Waals surface area contributed by atoms with Crippen LogP contribution in [0.3, 0.4) is 0 Å². The quantitative estimate of drug-likeness (QED) is 0.262. The van der Waals surface area contributed by atoms with E-state index in [1.807, 2.05) is 12.1 Å². The minimum atomic E-state index is -0.344. The van der Waals surface area contributed by atoms with E-state index in [-0.39, 0.29) is 17.7 Å². The minimum Gasteiger partial charge on any atom is -0.465 e. The first-order valence-corrected chi connectivity index (χ1v) is 12.9. The molecule has 0 atom stereocenters. The number of carbonyl (C=O) groups is 2. The summed E-state index contributed by atoms with van der Waals surface area (Å²) in [6.45, 7) is 9.15. The van der Waals surface area contributed by atoms with Crippen LogP contribution in [0, 0.1) is 18.8 Å². The Morgan fingerprint density at radius 1 is 1.03 bits per heavy atom. The third-order valence-electron chi connectivity index (χ3n) is 7.36. The van der Waals surface area contributed by atoms with Gasteiger partial charge in [-0.1, -0.05) is 36.9 Å². The van der Waals surface area contributed by atoms with Crippen molar-refractivity contribution in [3.05, 3.63) is 77.4 Å². The van der Waals surface area contributed by atoms with Crippen LogP contribution in [0.4, 0.5) is 0 Å². The number of ketones is 1. The Balaban J connectivity index is 1.73. The molecule has 2 aliphatic rings. The number of rotatable bonds is 9. The molecule has 0 N–H and O–H groups in total. The van der Waals surface area contributed by atoms with Crippen LogP contribution in [0.25, 0.3) is 16.8 Å². The molecule has 5 nitrogen and oxygen atoms in total. The molecule has 2 aromatic carbocycles. The number of aryl methyl sites for hydroxylation is 1. The molecule has 0 amide bonds. The van der Waals surface area contributed by atoms with Crippen molar-refractivity contribution in [3.8, 4) is 11.1 Å². The van der Waals surface area contributed by atoms with Gasteiger partial charge in [0.2, 0.25) is 0 Å². The number of piperidine rings is 1. The summed E-state index contributed by atoms with van der Waals surface area (Å²) in [5, 5.41) is 0. The highest BCUT2D eigenvalue weighted by Crippen LogP contribution is 2.38. The fourth-order valence-electron chi connectivity index (χ4n) is 5.19. The first-order chi connectivity index (χ1) is 17.3. The second-order valence-corrected chi connectivity index (χ2v) is 10.4. The number of Topliss-reactive ketones (excluding diaryl/α,β-unsaturated/α-hetero) is 1. The van der Waals surface area contributed by atoms with Gasteiger partial charge in [0.1, 0.15) is 0 Å². The van der Waals surface area contributed by atoms with Crippen molar-refractivity contribution in [3.63, 3.8) is 0 Å². The zero-order valence-electron chi connectivity index (χ0n) is 22.0. The molecule has 1 aliphatic carbocycles. The highest BCUT2D eigenvalue weighted by molar-refractivity contribution is 6.07. The maximum Gasteiger partial charge on any atom is 0.337 e. The van der Waals surface area contributed by atoms with Crippen LogP contribution in [0.1, 0.15) is 47.2 Å². The Hall–Kier alpha value is -3.18. The van der Waals surface area contributed by atoms with Crippen LogP contribution in [0.2, 0.25) is 0 Å².